The lowest BCUT2D eigenvalue weighted by Crippen LogP contribution is -2.28. The van der Waals surface area contributed by atoms with E-state index in [0.717, 1.165) is 10.8 Å². The van der Waals surface area contributed by atoms with Gasteiger partial charge in [0, 0.05) is 12.2 Å². The second-order valence-corrected chi connectivity index (χ2v) is 4.53. The van der Waals surface area contributed by atoms with E-state index >= 15 is 0 Å². The van der Waals surface area contributed by atoms with E-state index in [-0.39, 0.29) is 11.8 Å². The van der Waals surface area contributed by atoms with Crippen LogP contribution in [0.3, 0.4) is 0 Å². The average molecular weight is 253 g/mol. The number of nitrogens with two attached hydrogens (primary N) is 1. The zero-order valence-electron chi connectivity index (χ0n) is 10.7. The number of carbonyl (C=O) groups excluding carboxylic acids is 1. The van der Waals surface area contributed by atoms with Gasteiger partial charge < -0.3 is 11.1 Å². The van der Waals surface area contributed by atoms with E-state index in [1.807, 2.05) is 24.3 Å². The number of fused-ring (bicyclic) bond motifs is 1. The van der Waals surface area contributed by atoms with Crippen molar-refractivity contribution in [1.82, 2.24) is 5.32 Å². The van der Waals surface area contributed by atoms with Crippen molar-refractivity contribution in [3.05, 3.63) is 42.0 Å². The number of nitrogens with zero attached hydrogens (tertiary/aromatic N) is 1. The summed E-state index contributed by atoms with van der Waals surface area (Å²) in [6.45, 7) is 2.08. The molecule has 0 aliphatic carbocycles. The first-order valence-corrected chi connectivity index (χ1v) is 6.08. The molecule has 1 atom stereocenters. The van der Waals surface area contributed by atoms with Crippen LogP contribution in [0.2, 0.25) is 0 Å². The summed E-state index contributed by atoms with van der Waals surface area (Å²) in [6.07, 6.45) is 0. The van der Waals surface area contributed by atoms with E-state index in [0.29, 0.717) is 17.8 Å². The number of hydrogen-bond acceptors (Lipinski definition) is 3. The Balaban J connectivity index is 2.27. The van der Waals surface area contributed by atoms with E-state index in [2.05, 4.69) is 11.4 Å². The summed E-state index contributed by atoms with van der Waals surface area (Å²) in [4.78, 5) is 12.0. The summed E-state index contributed by atoms with van der Waals surface area (Å²) >= 11 is 0. The fraction of sp³-hybridized carbons (Fsp3) is 0.200. The molecule has 0 heterocycles. The van der Waals surface area contributed by atoms with Crippen LogP contribution in [0, 0.1) is 17.2 Å². The molecular weight excluding hydrogens is 238 g/mol. The molecular formula is C15H15N3O. The summed E-state index contributed by atoms with van der Waals surface area (Å²) < 4.78 is 0. The Bertz CT molecular complexity index is 658. The van der Waals surface area contributed by atoms with Crippen LogP contribution < -0.4 is 11.1 Å². The smallest absolute Gasteiger partial charge is 0.253 e. The lowest BCUT2D eigenvalue weighted by atomic mass is 10.0. The molecule has 1 unspecified atom stereocenters. The molecule has 0 saturated carbocycles. The van der Waals surface area contributed by atoms with Gasteiger partial charge in [-0.1, -0.05) is 24.3 Å². The average Bonchev–Trinajstić information content (AvgIpc) is 2.43. The van der Waals surface area contributed by atoms with Gasteiger partial charge in [-0.3, -0.25) is 4.79 Å². The predicted molar refractivity (Wildman–Crippen MR) is 75.5 cm³/mol. The molecule has 0 spiro atoms. The molecule has 0 saturated heterocycles. The van der Waals surface area contributed by atoms with Crippen molar-refractivity contribution < 1.29 is 4.79 Å². The van der Waals surface area contributed by atoms with Gasteiger partial charge in [0.2, 0.25) is 0 Å². The van der Waals surface area contributed by atoms with Gasteiger partial charge in [0.05, 0.1) is 17.6 Å². The monoisotopic (exact) mass is 253 g/mol. The molecule has 3 N–H and O–H groups in total. The molecule has 96 valence electrons. The number of carbonyl (C=O) groups is 1. The molecule has 0 aliphatic heterocycles. The lowest BCUT2D eigenvalue weighted by molar-refractivity contribution is 0.0952. The number of hydrogen-bond donors (Lipinski definition) is 2. The summed E-state index contributed by atoms with van der Waals surface area (Å²) in [6, 6.07) is 13.4. The second-order valence-electron chi connectivity index (χ2n) is 4.53. The predicted octanol–water partition coefficient (Wildman–Crippen LogP) is 2.31. The Kier molecular flexibility index (Phi) is 3.67. The van der Waals surface area contributed by atoms with Gasteiger partial charge in [0.15, 0.2) is 0 Å². The maximum absolute atomic E-state index is 12.0. The van der Waals surface area contributed by atoms with E-state index in [9.17, 15) is 4.79 Å². The van der Waals surface area contributed by atoms with Crippen molar-refractivity contribution in [3.8, 4) is 6.07 Å². The van der Waals surface area contributed by atoms with Crippen LogP contribution in [0.15, 0.2) is 36.4 Å². The Hall–Kier alpha value is -2.54. The molecule has 4 nitrogen and oxygen atoms in total. The summed E-state index contributed by atoms with van der Waals surface area (Å²) in [5, 5.41) is 13.4. The normalized spacial score (nSPS) is 11.8. The highest BCUT2D eigenvalue weighted by Crippen LogP contribution is 2.21. The highest BCUT2D eigenvalue weighted by atomic mass is 16.1. The largest absolute Gasteiger partial charge is 0.398 e. The molecule has 0 bridgehead atoms. The van der Waals surface area contributed by atoms with Crippen LogP contribution in [-0.2, 0) is 0 Å². The van der Waals surface area contributed by atoms with Gasteiger partial charge in [0.25, 0.3) is 5.91 Å². The van der Waals surface area contributed by atoms with Crippen LogP contribution >= 0.6 is 0 Å². The molecule has 0 aromatic heterocycles. The lowest BCUT2D eigenvalue weighted by Gasteiger charge is -2.09. The zero-order valence-corrected chi connectivity index (χ0v) is 10.7. The summed E-state index contributed by atoms with van der Waals surface area (Å²) in [5.41, 5.74) is 6.79. The highest BCUT2D eigenvalue weighted by molar-refractivity contribution is 6.03. The maximum Gasteiger partial charge on any atom is 0.253 e. The Labute approximate surface area is 111 Å². The minimum atomic E-state index is -0.245. The molecule has 19 heavy (non-hydrogen) atoms. The van der Waals surface area contributed by atoms with E-state index < -0.39 is 0 Å². The van der Waals surface area contributed by atoms with Gasteiger partial charge in [-0.2, -0.15) is 5.26 Å². The Morgan fingerprint density at radius 1 is 1.37 bits per heavy atom. The quantitative estimate of drug-likeness (QED) is 0.824. The molecule has 2 aromatic rings. The third-order valence-corrected chi connectivity index (χ3v) is 2.95. The third-order valence-electron chi connectivity index (χ3n) is 2.95. The van der Waals surface area contributed by atoms with Crippen LogP contribution in [0.4, 0.5) is 5.69 Å². The van der Waals surface area contributed by atoms with Gasteiger partial charge in [-0.25, -0.2) is 0 Å². The van der Waals surface area contributed by atoms with Gasteiger partial charge in [-0.15, -0.1) is 0 Å². The van der Waals surface area contributed by atoms with Crippen LogP contribution in [0.5, 0.6) is 0 Å². The van der Waals surface area contributed by atoms with Crippen LogP contribution in [0.25, 0.3) is 10.8 Å². The summed E-state index contributed by atoms with van der Waals surface area (Å²) in [7, 11) is 0. The maximum atomic E-state index is 12.0. The van der Waals surface area contributed by atoms with Gasteiger partial charge in [0.1, 0.15) is 0 Å². The van der Waals surface area contributed by atoms with Crippen molar-refractivity contribution >= 4 is 22.4 Å². The van der Waals surface area contributed by atoms with Gasteiger partial charge in [-0.05, 0) is 29.8 Å². The number of anilines is 1. The first-order chi connectivity index (χ1) is 9.11. The van der Waals surface area contributed by atoms with E-state index in [1.165, 1.54) is 0 Å². The number of nitrogen functional groups attached to an aromatic ring is 1. The fourth-order valence-electron chi connectivity index (χ4n) is 1.84. The van der Waals surface area contributed by atoms with E-state index in [1.54, 1.807) is 19.1 Å². The van der Waals surface area contributed by atoms with Crippen molar-refractivity contribution in [3.63, 3.8) is 0 Å². The van der Waals surface area contributed by atoms with Gasteiger partial charge >= 0.3 is 0 Å². The first kappa shape index (κ1) is 12.9. The third kappa shape index (κ3) is 2.83. The minimum Gasteiger partial charge on any atom is -0.398 e. The molecule has 2 rings (SSSR count). The van der Waals surface area contributed by atoms with Crippen LogP contribution in [0.1, 0.15) is 17.3 Å². The molecule has 1 amide bonds. The first-order valence-electron chi connectivity index (χ1n) is 6.08. The zero-order chi connectivity index (χ0) is 13.8. The topological polar surface area (TPSA) is 78.9 Å². The number of amides is 1. The standard InChI is InChI=1S/C15H15N3O/c1-10(8-16)9-18-15(19)13-6-11-4-2-3-5-12(11)7-14(13)17/h2-7,10H,9,17H2,1H3,(H,18,19). The molecule has 0 fully saturated rings. The Morgan fingerprint density at radius 3 is 2.63 bits per heavy atom. The van der Waals surface area contributed by atoms with Crippen molar-refractivity contribution in [2.45, 2.75) is 6.92 Å². The number of nitrogens with one attached hydrogen (secondary N) is 1. The van der Waals surface area contributed by atoms with Crippen molar-refractivity contribution in [1.29, 1.82) is 5.26 Å². The molecule has 4 heteroatoms. The second kappa shape index (κ2) is 5.40. The molecule has 0 aliphatic rings. The fourth-order valence-corrected chi connectivity index (χ4v) is 1.84. The number of benzene rings is 2. The number of nitriles is 1. The number of rotatable bonds is 3. The summed E-state index contributed by atoms with van der Waals surface area (Å²) in [5.74, 6) is -0.462. The minimum absolute atomic E-state index is 0.217. The highest BCUT2D eigenvalue weighted by Gasteiger charge is 2.11. The molecule has 0 radical (unpaired) electrons. The van der Waals surface area contributed by atoms with Crippen LogP contribution in [-0.4, -0.2) is 12.5 Å². The SMILES string of the molecule is CC(C#N)CNC(=O)c1cc2ccccc2cc1N. The van der Waals surface area contributed by atoms with Crippen molar-refractivity contribution in [2.75, 3.05) is 12.3 Å². The molecule has 2 aromatic carbocycles. The van der Waals surface area contributed by atoms with E-state index in [4.69, 9.17) is 11.0 Å². The van der Waals surface area contributed by atoms with Crippen molar-refractivity contribution in [2.24, 2.45) is 5.92 Å². The Morgan fingerprint density at radius 2 is 2.00 bits per heavy atom.